The number of nitrogens with zero attached hydrogens (tertiary/aromatic N) is 3. The number of guanidine groups is 1. The van der Waals surface area contributed by atoms with Crippen molar-refractivity contribution < 1.29 is 4.79 Å². The zero-order valence-corrected chi connectivity index (χ0v) is 19.5. The lowest BCUT2D eigenvalue weighted by Gasteiger charge is -2.36. The first-order valence-corrected chi connectivity index (χ1v) is 12.2. The van der Waals surface area contributed by atoms with Gasteiger partial charge in [0.1, 0.15) is 0 Å². The quantitative estimate of drug-likeness (QED) is 0.535. The van der Waals surface area contributed by atoms with E-state index in [1.807, 2.05) is 7.05 Å². The molecule has 0 aromatic heterocycles. The molecule has 3 rings (SSSR count). The lowest BCUT2D eigenvalue weighted by atomic mass is 9.97. The van der Waals surface area contributed by atoms with Gasteiger partial charge in [0, 0.05) is 50.8 Å². The maximum atomic E-state index is 11.5. The predicted octanol–water partition coefficient (Wildman–Crippen LogP) is 2.53. The number of carbonyl (C=O) groups excluding carboxylic acids is 1. The molecule has 2 saturated heterocycles. The molecule has 0 radical (unpaired) electrons. The van der Waals surface area contributed by atoms with Gasteiger partial charge in [0.05, 0.1) is 5.92 Å². The van der Waals surface area contributed by atoms with Gasteiger partial charge in [-0.3, -0.25) is 14.7 Å². The van der Waals surface area contributed by atoms with Crippen molar-refractivity contribution in [1.29, 1.82) is 0 Å². The van der Waals surface area contributed by atoms with Gasteiger partial charge >= 0.3 is 0 Å². The SMILES string of the molecule is CN=C(NCc1cccc(CN2CCCC(C(N)=O)C2)c1)N1CCSC(C(C)C)C1. The molecule has 2 unspecified atom stereocenters. The number of likely N-dealkylation sites (tertiary alicyclic amines) is 1. The van der Waals surface area contributed by atoms with Crippen LogP contribution in [0.2, 0.25) is 0 Å². The van der Waals surface area contributed by atoms with Gasteiger partial charge in [-0.1, -0.05) is 38.1 Å². The van der Waals surface area contributed by atoms with Crippen LogP contribution in [0.3, 0.4) is 0 Å². The highest BCUT2D eigenvalue weighted by atomic mass is 32.2. The van der Waals surface area contributed by atoms with Crippen LogP contribution in [0.4, 0.5) is 0 Å². The van der Waals surface area contributed by atoms with E-state index in [0.717, 1.165) is 63.8 Å². The van der Waals surface area contributed by atoms with E-state index in [1.165, 1.54) is 11.1 Å². The summed E-state index contributed by atoms with van der Waals surface area (Å²) in [5.41, 5.74) is 8.06. The number of hydrogen-bond donors (Lipinski definition) is 2. The van der Waals surface area contributed by atoms with Crippen molar-refractivity contribution in [1.82, 2.24) is 15.1 Å². The fourth-order valence-corrected chi connectivity index (χ4v) is 5.61. The van der Waals surface area contributed by atoms with Crippen LogP contribution in [0.25, 0.3) is 0 Å². The zero-order valence-electron chi connectivity index (χ0n) is 18.6. The average Bonchev–Trinajstić information content (AvgIpc) is 2.75. The van der Waals surface area contributed by atoms with Crippen LogP contribution >= 0.6 is 11.8 Å². The number of benzene rings is 1. The maximum absolute atomic E-state index is 11.5. The number of hydrogen-bond acceptors (Lipinski definition) is 4. The lowest BCUT2D eigenvalue weighted by molar-refractivity contribution is -0.123. The second-order valence-electron chi connectivity index (χ2n) is 8.80. The summed E-state index contributed by atoms with van der Waals surface area (Å²) in [6.07, 6.45) is 1.96. The molecule has 2 atom stereocenters. The number of nitrogens with one attached hydrogen (secondary N) is 1. The first kappa shape index (κ1) is 22.9. The molecule has 7 heteroatoms. The first-order chi connectivity index (χ1) is 14.5. The van der Waals surface area contributed by atoms with Crippen LogP contribution in [0, 0.1) is 11.8 Å². The highest BCUT2D eigenvalue weighted by molar-refractivity contribution is 8.00. The van der Waals surface area contributed by atoms with E-state index in [2.05, 4.69) is 70.0 Å². The minimum atomic E-state index is -0.167. The largest absolute Gasteiger partial charge is 0.369 e. The number of carbonyl (C=O) groups is 1. The molecule has 0 bridgehead atoms. The molecule has 1 aromatic rings. The number of piperidine rings is 1. The molecule has 2 fully saturated rings. The van der Waals surface area contributed by atoms with Crippen molar-refractivity contribution in [3.63, 3.8) is 0 Å². The lowest BCUT2D eigenvalue weighted by Crippen LogP contribution is -2.48. The fourth-order valence-electron chi connectivity index (χ4n) is 4.31. The molecular formula is C23H37N5OS. The van der Waals surface area contributed by atoms with Crippen molar-refractivity contribution in [3.8, 4) is 0 Å². The summed E-state index contributed by atoms with van der Waals surface area (Å²) in [5, 5.41) is 4.22. The molecule has 0 aliphatic carbocycles. The van der Waals surface area contributed by atoms with Gasteiger partial charge in [-0.25, -0.2) is 0 Å². The third-order valence-corrected chi connectivity index (χ3v) is 7.64. The summed E-state index contributed by atoms with van der Waals surface area (Å²) >= 11 is 2.08. The van der Waals surface area contributed by atoms with Crippen LogP contribution in [0.5, 0.6) is 0 Å². The van der Waals surface area contributed by atoms with Crippen LogP contribution in [-0.4, -0.2) is 65.9 Å². The predicted molar refractivity (Wildman–Crippen MR) is 126 cm³/mol. The molecule has 2 aliphatic heterocycles. The van der Waals surface area contributed by atoms with Crippen molar-refractivity contribution in [2.24, 2.45) is 22.6 Å². The zero-order chi connectivity index (χ0) is 21.5. The highest BCUT2D eigenvalue weighted by Crippen LogP contribution is 2.25. The molecule has 166 valence electrons. The molecular weight excluding hydrogens is 394 g/mol. The van der Waals surface area contributed by atoms with Gasteiger partial charge in [-0.05, 0) is 36.4 Å². The van der Waals surface area contributed by atoms with Crippen molar-refractivity contribution in [3.05, 3.63) is 35.4 Å². The van der Waals surface area contributed by atoms with Gasteiger partial charge in [0.2, 0.25) is 5.91 Å². The molecule has 0 saturated carbocycles. The molecule has 6 nitrogen and oxygen atoms in total. The number of amides is 1. The van der Waals surface area contributed by atoms with E-state index in [4.69, 9.17) is 5.73 Å². The minimum absolute atomic E-state index is 0.00991. The Morgan fingerprint density at radius 2 is 2.10 bits per heavy atom. The Labute approximate surface area is 185 Å². The third kappa shape index (κ3) is 6.38. The Kier molecular flexibility index (Phi) is 8.45. The Morgan fingerprint density at radius 3 is 2.83 bits per heavy atom. The summed E-state index contributed by atoms with van der Waals surface area (Å²) in [5.74, 6) is 2.65. The summed E-state index contributed by atoms with van der Waals surface area (Å²) in [4.78, 5) is 20.8. The Bertz CT molecular complexity index is 738. The number of primary amides is 1. The van der Waals surface area contributed by atoms with E-state index in [-0.39, 0.29) is 11.8 Å². The average molecular weight is 432 g/mol. The highest BCUT2D eigenvalue weighted by Gasteiger charge is 2.25. The standard InChI is InChI=1S/C23H37N5OS/c1-17(2)21-16-28(10-11-30-21)23(25-3)26-13-18-6-4-7-19(12-18)14-27-9-5-8-20(15-27)22(24)29/h4,6-7,12,17,20-21H,5,8-11,13-16H2,1-3H3,(H2,24,29)(H,25,26). The third-order valence-electron chi connectivity index (χ3n) is 6.10. The summed E-state index contributed by atoms with van der Waals surface area (Å²) in [6, 6.07) is 8.71. The normalized spacial score (nSPS) is 23.6. The molecule has 0 spiro atoms. The van der Waals surface area contributed by atoms with E-state index < -0.39 is 0 Å². The van der Waals surface area contributed by atoms with E-state index in [1.54, 1.807) is 0 Å². The van der Waals surface area contributed by atoms with Crippen LogP contribution in [0.1, 0.15) is 37.8 Å². The minimum Gasteiger partial charge on any atom is -0.369 e. The second kappa shape index (κ2) is 11.0. The number of nitrogens with two attached hydrogens (primary N) is 1. The first-order valence-electron chi connectivity index (χ1n) is 11.1. The van der Waals surface area contributed by atoms with Gasteiger partial charge in [0.15, 0.2) is 5.96 Å². The molecule has 30 heavy (non-hydrogen) atoms. The van der Waals surface area contributed by atoms with E-state index >= 15 is 0 Å². The topological polar surface area (TPSA) is 74.0 Å². The smallest absolute Gasteiger partial charge is 0.221 e. The van der Waals surface area contributed by atoms with Gasteiger partial charge in [0.25, 0.3) is 0 Å². The second-order valence-corrected chi connectivity index (χ2v) is 10.1. The van der Waals surface area contributed by atoms with Gasteiger partial charge in [-0.2, -0.15) is 11.8 Å². The van der Waals surface area contributed by atoms with Crippen molar-refractivity contribution in [2.45, 2.75) is 45.0 Å². The van der Waals surface area contributed by atoms with Gasteiger partial charge < -0.3 is 16.0 Å². The molecule has 3 N–H and O–H groups in total. The maximum Gasteiger partial charge on any atom is 0.221 e. The van der Waals surface area contributed by atoms with E-state index in [0.29, 0.717) is 11.2 Å². The van der Waals surface area contributed by atoms with Crippen LogP contribution in [-0.2, 0) is 17.9 Å². The number of thioether (sulfide) groups is 1. The summed E-state index contributed by atoms with van der Waals surface area (Å²) in [7, 11) is 1.87. The Balaban J connectivity index is 1.55. The van der Waals surface area contributed by atoms with Crippen LogP contribution in [0.15, 0.2) is 29.3 Å². The van der Waals surface area contributed by atoms with Crippen LogP contribution < -0.4 is 11.1 Å². The number of rotatable bonds is 6. The monoisotopic (exact) mass is 431 g/mol. The van der Waals surface area contributed by atoms with Crippen molar-refractivity contribution >= 4 is 23.6 Å². The fraction of sp³-hybridized carbons (Fsp3) is 0.652. The molecule has 1 amide bonds. The van der Waals surface area contributed by atoms with Gasteiger partial charge in [-0.15, -0.1) is 0 Å². The van der Waals surface area contributed by atoms with Crippen molar-refractivity contribution in [2.75, 3.05) is 39.0 Å². The number of aliphatic imine (C=N–C) groups is 1. The molecule has 1 aromatic carbocycles. The van der Waals surface area contributed by atoms with E-state index in [9.17, 15) is 4.79 Å². The molecule has 2 heterocycles. The Hall–Kier alpha value is -1.73. The summed E-state index contributed by atoms with van der Waals surface area (Å²) in [6.45, 7) is 10.1. The molecule has 2 aliphatic rings. The summed E-state index contributed by atoms with van der Waals surface area (Å²) < 4.78 is 0. The Morgan fingerprint density at radius 1 is 1.30 bits per heavy atom.